The third-order valence-corrected chi connectivity index (χ3v) is 7.01. The molecule has 0 aliphatic heterocycles. The molecule has 0 bridgehead atoms. The van der Waals surface area contributed by atoms with Crippen molar-refractivity contribution in [3.8, 4) is 0 Å². The number of imide groups is 1. The number of aromatic nitrogens is 2. The first kappa shape index (κ1) is 20.4. The van der Waals surface area contributed by atoms with Crippen LogP contribution in [0.15, 0.2) is 40.3 Å². The van der Waals surface area contributed by atoms with Gasteiger partial charge in [-0.15, -0.1) is 11.3 Å². The SMILES string of the molecule is Nn1c(SCC(=O)NC(=O)NCc2ccccc2)nc2sc3c(c2c1=O)CCCC3. The van der Waals surface area contributed by atoms with Crippen LogP contribution < -0.4 is 22.0 Å². The van der Waals surface area contributed by atoms with Gasteiger partial charge in [-0.1, -0.05) is 42.1 Å². The summed E-state index contributed by atoms with van der Waals surface area (Å²) in [5.41, 5.74) is 1.71. The van der Waals surface area contributed by atoms with Gasteiger partial charge < -0.3 is 11.2 Å². The predicted molar refractivity (Wildman–Crippen MR) is 118 cm³/mol. The van der Waals surface area contributed by atoms with Crippen LogP contribution in [0.25, 0.3) is 10.2 Å². The first-order valence-electron chi connectivity index (χ1n) is 9.59. The topological polar surface area (TPSA) is 119 Å². The lowest BCUT2D eigenvalue weighted by Crippen LogP contribution is -2.40. The van der Waals surface area contributed by atoms with E-state index in [1.807, 2.05) is 30.3 Å². The number of hydrogen-bond acceptors (Lipinski definition) is 7. The Kier molecular flexibility index (Phi) is 6.05. The number of nitrogens with two attached hydrogens (primary N) is 1. The van der Waals surface area contributed by atoms with Crippen LogP contribution in [0.4, 0.5) is 4.79 Å². The number of amides is 3. The van der Waals surface area contributed by atoms with E-state index in [1.54, 1.807) is 0 Å². The number of urea groups is 1. The van der Waals surface area contributed by atoms with E-state index in [9.17, 15) is 14.4 Å². The summed E-state index contributed by atoms with van der Waals surface area (Å²) in [5.74, 6) is 5.38. The largest absolute Gasteiger partial charge is 0.334 e. The maximum absolute atomic E-state index is 12.8. The van der Waals surface area contributed by atoms with Crippen LogP contribution in [0, 0.1) is 0 Å². The molecule has 4 rings (SSSR count). The Labute approximate surface area is 180 Å². The Morgan fingerprint density at radius 2 is 1.97 bits per heavy atom. The van der Waals surface area contributed by atoms with E-state index in [1.165, 1.54) is 16.2 Å². The summed E-state index contributed by atoms with van der Waals surface area (Å²) < 4.78 is 0.997. The molecule has 0 saturated heterocycles. The van der Waals surface area contributed by atoms with Crippen molar-refractivity contribution in [2.24, 2.45) is 0 Å². The third-order valence-electron chi connectivity index (χ3n) is 4.87. The number of aryl methyl sites for hydroxylation is 2. The van der Waals surface area contributed by atoms with Gasteiger partial charge in [-0.3, -0.25) is 14.9 Å². The molecule has 0 saturated carbocycles. The standard InChI is InChI=1S/C20H21N5O3S2/c21-25-18(27)16-13-8-4-5-9-14(13)30-17(16)24-20(25)29-11-15(26)23-19(28)22-10-12-6-2-1-3-7-12/h1-3,6-7H,4-5,8-11,21H2,(H2,22,23,26,28). The van der Waals surface area contributed by atoms with Crippen molar-refractivity contribution in [2.75, 3.05) is 11.6 Å². The summed E-state index contributed by atoms with van der Waals surface area (Å²) in [6.45, 7) is 0.316. The minimum Gasteiger partial charge on any atom is -0.334 e. The lowest BCUT2D eigenvalue weighted by atomic mass is 9.97. The Morgan fingerprint density at radius 1 is 1.20 bits per heavy atom. The number of hydrogen-bond donors (Lipinski definition) is 3. The number of nitrogen functional groups attached to an aromatic ring is 1. The second-order valence-electron chi connectivity index (χ2n) is 6.97. The van der Waals surface area contributed by atoms with Crippen LogP contribution in [0.3, 0.4) is 0 Å². The van der Waals surface area contributed by atoms with Crippen LogP contribution in [-0.2, 0) is 24.2 Å². The summed E-state index contributed by atoms with van der Waals surface area (Å²) in [4.78, 5) is 43.1. The fourth-order valence-corrected chi connectivity index (χ4v) is 5.44. The van der Waals surface area contributed by atoms with Gasteiger partial charge in [0.15, 0.2) is 5.16 Å². The number of fused-ring (bicyclic) bond motifs is 3. The van der Waals surface area contributed by atoms with Crippen LogP contribution in [-0.4, -0.2) is 27.4 Å². The van der Waals surface area contributed by atoms with Crippen molar-refractivity contribution in [3.05, 3.63) is 56.7 Å². The van der Waals surface area contributed by atoms with Crippen LogP contribution in [0.2, 0.25) is 0 Å². The lowest BCUT2D eigenvalue weighted by molar-refractivity contribution is -0.117. The Morgan fingerprint density at radius 3 is 2.77 bits per heavy atom. The monoisotopic (exact) mass is 443 g/mol. The minimum absolute atomic E-state index is 0.0843. The van der Waals surface area contributed by atoms with E-state index >= 15 is 0 Å². The molecule has 0 fully saturated rings. The zero-order valence-corrected chi connectivity index (χ0v) is 17.8. The second kappa shape index (κ2) is 8.88. The minimum atomic E-state index is -0.580. The van der Waals surface area contributed by atoms with E-state index in [0.717, 1.165) is 53.2 Å². The van der Waals surface area contributed by atoms with Gasteiger partial charge in [0.2, 0.25) is 5.91 Å². The number of nitrogens with one attached hydrogen (secondary N) is 2. The fraction of sp³-hybridized carbons (Fsp3) is 0.300. The number of thiophene rings is 1. The number of nitrogens with zero attached hydrogens (tertiary/aromatic N) is 2. The molecule has 1 aliphatic rings. The zero-order chi connectivity index (χ0) is 21.1. The molecule has 2 heterocycles. The van der Waals surface area contributed by atoms with Crippen molar-refractivity contribution in [2.45, 2.75) is 37.4 Å². The fourth-order valence-electron chi connectivity index (χ4n) is 3.42. The van der Waals surface area contributed by atoms with Gasteiger partial charge in [0.1, 0.15) is 4.83 Å². The summed E-state index contributed by atoms with van der Waals surface area (Å²) in [6, 6.07) is 8.81. The van der Waals surface area contributed by atoms with Crippen molar-refractivity contribution < 1.29 is 9.59 Å². The first-order valence-corrected chi connectivity index (χ1v) is 11.4. The smallest absolute Gasteiger partial charge is 0.321 e. The average Bonchev–Trinajstić information content (AvgIpc) is 3.13. The second-order valence-corrected chi connectivity index (χ2v) is 8.99. The van der Waals surface area contributed by atoms with Crippen molar-refractivity contribution in [1.29, 1.82) is 0 Å². The Balaban J connectivity index is 1.38. The molecule has 0 unspecified atom stereocenters. The molecule has 156 valence electrons. The molecule has 8 nitrogen and oxygen atoms in total. The van der Waals surface area contributed by atoms with Gasteiger partial charge in [0.05, 0.1) is 11.1 Å². The number of benzene rings is 1. The van der Waals surface area contributed by atoms with E-state index in [0.29, 0.717) is 16.8 Å². The molecule has 3 amide bonds. The number of rotatable bonds is 5. The van der Waals surface area contributed by atoms with Gasteiger partial charge in [-0.05, 0) is 36.8 Å². The van der Waals surface area contributed by atoms with E-state index in [2.05, 4.69) is 15.6 Å². The van der Waals surface area contributed by atoms with Gasteiger partial charge in [-0.25, -0.2) is 14.5 Å². The van der Waals surface area contributed by atoms with Gasteiger partial charge in [0, 0.05) is 11.4 Å². The molecule has 3 aromatic rings. The molecule has 4 N–H and O–H groups in total. The molecule has 0 atom stereocenters. The quantitative estimate of drug-likeness (QED) is 0.316. The normalized spacial score (nSPS) is 13.1. The van der Waals surface area contributed by atoms with E-state index in [-0.39, 0.29) is 16.5 Å². The zero-order valence-electron chi connectivity index (χ0n) is 16.1. The lowest BCUT2D eigenvalue weighted by Gasteiger charge is -2.10. The molecule has 2 aromatic heterocycles. The summed E-state index contributed by atoms with van der Waals surface area (Å²) in [7, 11) is 0. The summed E-state index contributed by atoms with van der Waals surface area (Å²) in [5, 5.41) is 5.75. The first-order chi connectivity index (χ1) is 14.5. The van der Waals surface area contributed by atoms with Gasteiger partial charge in [0.25, 0.3) is 5.56 Å². The Bertz CT molecular complexity index is 1160. The molecule has 1 aromatic carbocycles. The molecule has 30 heavy (non-hydrogen) atoms. The highest BCUT2D eigenvalue weighted by molar-refractivity contribution is 7.99. The maximum atomic E-state index is 12.8. The maximum Gasteiger partial charge on any atom is 0.321 e. The highest BCUT2D eigenvalue weighted by Gasteiger charge is 2.22. The highest BCUT2D eigenvalue weighted by atomic mass is 32.2. The van der Waals surface area contributed by atoms with Crippen molar-refractivity contribution >= 4 is 45.3 Å². The average molecular weight is 444 g/mol. The van der Waals surface area contributed by atoms with Crippen LogP contribution in [0.5, 0.6) is 0 Å². The predicted octanol–water partition coefficient (Wildman–Crippen LogP) is 2.17. The van der Waals surface area contributed by atoms with Crippen LogP contribution >= 0.6 is 23.1 Å². The number of thioether (sulfide) groups is 1. The summed E-state index contributed by atoms with van der Waals surface area (Å²) in [6.07, 6.45) is 4.01. The van der Waals surface area contributed by atoms with Gasteiger partial charge in [-0.2, -0.15) is 0 Å². The Hall–Kier alpha value is -2.85. The van der Waals surface area contributed by atoms with Crippen LogP contribution in [0.1, 0.15) is 28.8 Å². The molecule has 0 radical (unpaired) electrons. The van der Waals surface area contributed by atoms with Gasteiger partial charge >= 0.3 is 6.03 Å². The van der Waals surface area contributed by atoms with E-state index < -0.39 is 11.9 Å². The number of carbonyl (C=O) groups excluding carboxylic acids is 2. The molecule has 10 heteroatoms. The highest BCUT2D eigenvalue weighted by Crippen LogP contribution is 2.34. The van der Waals surface area contributed by atoms with Crippen molar-refractivity contribution in [1.82, 2.24) is 20.3 Å². The molecular formula is C20H21N5O3S2. The molecule has 1 aliphatic carbocycles. The summed E-state index contributed by atoms with van der Waals surface area (Å²) >= 11 is 2.56. The van der Waals surface area contributed by atoms with Crippen molar-refractivity contribution in [3.63, 3.8) is 0 Å². The third kappa shape index (κ3) is 4.34. The molecular weight excluding hydrogens is 422 g/mol. The molecule has 0 spiro atoms. The van der Waals surface area contributed by atoms with E-state index in [4.69, 9.17) is 5.84 Å². The number of carbonyl (C=O) groups is 2.